The summed E-state index contributed by atoms with van der Waals surface area (Å²) in [4.78, 5) is 40.8. The number of morpholine rings is 1. The molecule has 1 aliphatic carbocycles. The average molecular weight is 423 g/mol. The lowest BCUT2D eigenvalue weighted by atomic mass is 9.93. The summed E-state index contributed by atoms with van der Waals surface area (Å²) in [6.45, 7) is 4.68. The zero-order valence-corrected chi connectivity index (χ0v) is 16.9. The topological polar surface area (TPSA) is 102 Å². The molecule has 9 heteroatoms. The molecule has 152 valence electrons. The predicted molar refractivity (Wildman–Crippen MR) is 110 cm³/mol. The summed E-state index contributed by atoms with van der Waals surface area (Å²) >= 11 is 1.00. The number of aryl methyl sites for hydroxylation is 1. The molecular weight excluding hydrogens is 406 g/mol. The number of nitrogens with zero attached hydrogens (tertiary/aromatic N) is 2. The predicted octanol–water partition coefficient (Wildman–Crippen LogP) is 2.91. The number of carbonyl (C=O) groups is 3. The standard InChI is InChI=1S/C21H17N3O5S/c1-11-16-18(26)20-14(17(25)19(16)29-23-11)10-15(30-20)21(27)22-12-2-4-13(5-3-12)24-6-8-28-9-7-24/h2-5,10H,6-9H2,1H3,(H,22,27). The number of thiophene rings is 1. The van der Waals surface area contributed by atoms with Gasteiger partial charge in [0.05, 0.1) is 34.2 Å². The molecule has 1 fully saturated rings. The fourth-order valence-corrected chi connectivity index (χ4v) is 4.63. The van der Waals surface area contributed by atoms with Gasteiger partial charge in [-0.2, -0.15) is 0 Å². The summed E-state index contributed by atoms with van der Waals surface area (Å²) < 4.78 is 10.4. The van der Waals surface area contributed by atoms with E-state index in [-0.39, 0.29) is 38.3 Å². The van der Waals surface area contributed by atoms with Crippen molar-refractivity contribution in [2.24, 2.45) is 0 Å². The Bertz CT molecular complexity index is 1170. The van der Waals surface area contributed by atoms with Crippen LogP contribution in [-0.4, -0.2) is 48.9 Å². The third-order valence-electron chi connectivity index (χ3n) is 5.20. The molecule has 30 heavy (non-hydrogen) atoms. The molecule has 1 amide bonds. The maximum atomic E-state index is 12.7. The van der Waals surface area contributed by atoms with Gasteiger partial charge in [0.25, 0.3) is 5.91 Å². The van der Waals surface area contributed by atoms with Gasteiger partial charge in [0.1, 0.15) is 0 Å². The molecule has 2 aromatic heterocycles. The number of fused-ring (bicyclic) bond motifs is 2. The van der Waals surface area contributed by atoms with Crippen LogP contribution in [0.3, 0.4) is 0 Å². The van der Waals surface area contributed by atoms with Gasteiger partial charge >= 0.3 is 0 Å². The maximum Gasteiger partial charge on any atom is 0.265 e. The Labute approximate surface area is 175 Å². The van der Waals surface area contributed by atoms with Gasteiger partial charge in [-0.15, -0.1) is 11.3 Å². The van der Waals surface area contributed by atoms with Crippen LogP contribution in [0.5, 0.6) is 0 Å². The van der Waals surface area contributed by atoms with Crippen molar-refractivity contribution >= 4 is 40.2 Å². The highest BCUT2D eigenvalue weighted by Gasteiger charge is 2.38. The SMILES string of the molecule is Cc1noc2c1C(=O)c1sc(C(=O)Nc3ccc(N4CCOCC4)cc3)cc1C2=O. The molecule has 0 unspecified atom stereocenters. The van der Waals surface area contributed by atoms with Gasteiger partial charge in [-0.25, -0.2) is 0 Å². The number of hydrogen-bond acceptors (Lipinski definition) is 8. The molecule has 1 saturated heterocycles. The molecule has 1 N–H and O–H groups in total. The fraction of sp³-hybridized carbons (Fsp3) is 0.238. The van der Waals surface area contributed by atoms with E-state index < -0.39 is 5.78 Å². The van der Waals surface area contributed by atoms with Gasteiger partial charge in [0.2, 0.25) is 17.3 Å². The van der Waals surface area contributed by atoms with E-state index in [2.05, 4.69) is 15.4 Å². The number of benzene rings is 1. The Kier molecular flexibility index (Phi) is 4.48. The van der Waals surface area contributed by atoms with Gasteiger partial charge < -0.3 is 19.5 Å². The molecule has 0 radical (unpaired) electrons. The van der Waals surface area contributed by atoms with E-state index in [0.717, 1.165) is 30.1 Å². The number of nitrogens with one attached hydrogen (secondary N) is 1. The first-order valence-electron chi connectivity index (χ1n) is 9.46. The molecule has 0 spiro atoms. The summed E-state index contributed by atoms with van der Waals surface area (Å²) in [5.41, 5.74) is 2.43. The number of aromatic nitrogens is 1. The molecule has 3 aromatic rings. The molecule has 1 aliphatic heterocycles. The summed E-state index contributed by atoms with van der Waals surface area (Å²) in [5.74, 6) is -1.20. The number of anilines is 2. The zero-order chi connectivity index (χ0) is 20.8. The van der Waals surface area contributed by atoms with Crippen molar-refractivity contribution < 1.29 is 23.6 Å². The molecule has 2 aliphatic rings. The monoisotopic (exact) mass is 423 g/mol. The van der Waals surface area contributed by atoms with Crippen LogP contribution >= 0.6 is 11.3 Å². The summed E-state index contributed by atoms with van der Waals surface area (Å²) in [5, 5.41) is 6.54. The van der Waals surface area contributed by atoms with Crippen molar-refractivity contribution in [2.45, 2.75) is 6.92 Å². The third-order valence-corrected chi connectivity index (χ3v) is 6.34. The van der Waals surface area contributed by atoms with E-state index in [9.17, 15) is 14.4 Å². The van der Waals surface area contributed by atoms with Gasteiger partial charge in [-0.3, -0.25) is 14.4 Å². The van der Waals surface area contributed by atoms with Crippen molar-refractivity contribution in [1.29, 1.82) is 0 Å². The first-order chi connectivity index (χ1) is 14.5. The molecule has 8 nitrogen and oxygen atoms in total. The van der Waals surface area contributed by atoms with Crippen LogP contribution < -0.4 is 10.2 Å². The third kappa shape index (κ3) is 3.03. The van der Waals surface area contributed by atoms with Crippen molar-refractivity contribution in [2.75, 3.05) is 36.5 Å². The normalized spacial score (nSPS) is 15.7. The summed E-state index contributed by atoms with van der Waals surface area (Å²) in [7, 11) is 0. The van der Waals surface area contributed by atoms with Crippen LogP contribution in [0, 0.1) is 6.92 Å². The number of hydrogen-bond donors (Lipinski definition) is 1. The lowest BCUT2D eigenvalue weighted by Gasteiger charge is -2.28. The number of amides is 1. The Hall–Kier alpha value is -3.30. The van der Waals surface area contributed by atoms with Gasteiger partial charge in [-0.1, -0.05) is 5.16 Å². The van der Waals surface area contributed by atoms with Gasteiger partial charge in [0, 0.05) is 30.0 Å². The fourth-order valence-electron chi connectivity index (χ4n) is 3.64. The second kappa shape index (κ2) is 7.19. The van der Waals surface area contributed by atoms with E-state index in [1.165, 1.54) is 6.07 Å². The van der Waals surface area contributed by atoms with Crippen LogP contribution in [0.2, 0.25) is 0 Å². The minimum Gasteiger partial charge on any atom is -0.378 e. The largest absolute Gasteiger partial charge is 0.378 e. The van der Waals surface area contributed by atoms with Crippen molar-refractivity contribution in [1.82, 2.24) is 5.16 Å². The number of ether oxygens (including phenoxy) is 1. The number of rotatable bonds is 3. The molecular formula is C21H17N3O5S. The lowest BCUT2D eigenvalue weighted by molar-refractivity contribution is 0.0957. The van der Waals surface area contributed by atoms with Crippen LogP contribution in [0.15, 0.2) is 34.9 Å². The van der Waals surface area contributed by atoms with Crippen LogP contribution in [0.4, 0.5) is 11.4 Å². The first-order valence-corrected chi connectivity index (χ1v) is 10.3. The Morgan fingerprint density at radius 3 is 2.60 bits per heavy atom. The number of carbonyl (C=O) groups excluding carboxylic acids is 3. The second-order valence-corrected chi connectivity index (χ2v) is 8.14. The highest BCUT2D eigenvalue weighted by molar-refractivity contribution is 7.16. The van der Waals surface area contributed by atoms with Crippen LogP contribution in [0.25, 0.3) is 0 Å². The minimum absolute atomic E-state index is 0.0616. The van der Waals surface area contributed by atoms with E-state index in [0.29, 0.717) is 24.6 Å². The van der Waals surface area contributed by atoms with E-state index >= 15 is 0 Å². The number of ketones is 2. The highest BCUT2D eigenvalue weighted by Crippen LogP contribution is 2.35. The zero-order valence-electron chi connectivity index (χ0n) is 16.1. The lowest BCUT2D eigenvalue weighted by Crippen LogP contribution is -2.36. The van der Waals surface area contributed by atoms with E-state index in [4.69, 9.17) is 9.26 Å². The van der Waals surface area contributed by atoms with Gasteiger partial charge in [0.15, 0.2) is 0 Å². The second-order valence-electron chi connectivity index (χ2n) is 7.08. The summed E-state index contributed by atoms with van der Waals surface area (Å²) in [6.07, 6.45) is 0. The quantitative estimate of drug-likeness (QED) is 0.541. The Morgan fingerprint density at radius 1 is 1.13 bits per heavy atom. The van der Waals surface area contributed by atoms with Crippen molar-refractivity contribution in [3.63, 3.8) is 0 Å². The molecule has 1 aromatic carbocycles. The average Bonchev–Trinajstić information content (AvgIpc) is 3.38. The van der Waals surface area contributed by atoms with Crippen LogP contribution in [0.1, 0.15) is 46.7 Å². The molecule has 0 atom stereocenters. The van der Waals surface area contributed by atoms with Gasteiger partial charge in [-0.05, 0) is 37.3 Å². The van der Waals surface area contributed by atoms with E-state index in [1.807, 2.05) is 24.3 Å². The molecule has 3 heterocycles. The first kappa shape index (κ1) is 18.7. The summed E-state index contributed by atoms with van der Waals surface area (Å²) in [6, 6.07) is 8.99. The molecule has 0 saturated carbocycles. The minimum atomic E-state index is -0.426. The van der Waals surface area contributed by atoms with Crippen molar-refractivity contribution in [3.05, 3.63) is 62.7 Å². The molecule has 0 bridgehead atoms. The van der Waals surface area contributed by atoms with Crippen LogP contribution in [-0.2, 0) is 4.74 Å². The smallest absolute Gasteiger partial charge is 0.265 e. The molecule has 5 rings (SSSR count). The maximum absolute atomic E-state index is 12.7. The highest BCUT2D eigenvalue weighted by atomic mass is 32.1. The van der Waals surface area contributed by atoms with Crippen molar-refractivity contribution in [3.8, 4) is 0 Å². The van der Waals surface area contributed by atoms with E-state index in [1.54, 1.807) is 6.92 Å². The Balaban J connectivity index is 1.35. The Morgan fingerprint density at radius 2 is 1.87 bits per heavy atom.